The van der Waals surface area contributed by atoms with Gasteiger partial charge < -0.3 is 5.32 Å². The van der Waals surface area contributed by atoms with Gasteiger partial charge in [0.25, 0.3) is 5.91 Å². The molecule has 0 fully saturated rings. The Kier molecular flexibility index (Phi) is 5.64. The maximum Gasteiger partial charge on any atom is 0.435 e. The van der Waals surface area contributed by atoms with E-state index in [4.69, 9.17) is 0 Å². The smallest absolute Gasteiger partial charge is 0.319 e. The summed E-state index contributed by atoms with van der Waals surface area (Å²) in [5.41, 5.74) is 2.60. The van der Waals surface area contributed by atoms with Gasteiger partial charge in [0, 0.05) is 12.4 Å². The van der Waals surface area contributed by atoms with Crippen LogP contribution in [0.3, 0.4) is 0 Å². The number of aromatic nitrogens is 4. The molecule has 0 unspecified atom stereocenters. The molecule has 6 nitrogen and oxygen atoms in total. The van der Waals surface area contributed by atoms with Crippen molar-refractivity contribution in [3.05, 3.63) is 87.6 Å². The van der Waals surface area contributed by atoms with E-state index in [0.29, 0.717) is 22.7 Å². The standard InChI is InChI=1S/C21H18F3N5OS/c1-14-2-4-15(5-3-14)10-29-12-17(9-25-29)26-20(30)18-8-16(13-31-18)11-28-7-6-19(27-28)21(22,23)24/h2-9,12-13H,10-11H2,1H3,(H,26,30). The average Bonchev–Trinajstić information content (AvgIpc) is 3.45. The summed E-state index contributed by atoms with van der Waals surface area (Å²) >= 11 is 1.22. The first-order valence-electron chi connectivity index (χ1n) is 9.34. The second-order valence-corrected chi connectivity index (χ2v) is 7.99. The molecule has 3 aromatic heterocycles. The third kappa shape index (κ3) is 5.21. The van der Waals surface area contributed by atoms with E-state index in [1.54, 1.807) is 28.5 Å². The van der Waals surface area contributed by atoms with Crippen molar-refractivity contribution in [1.29, 1.82) is 0 Å². The Hall–Kier alpha value is -3.40. The molecule has 1 amide bonds. The summed E-state index contributed by atoms with van der Waals surface area (Å²) < 4.78 is 40.9. The molecular weight excluding hydrogens is 427 g/mol. The van der Waals surface area contributed by atoms with E-state index < -0.39 is 11.9 Å². The number of alkyl halides is 3. The fourth-order valence-corrected chi connectivity index (χ4v) is 3.75. The number of aryl methyl sites for hydroxylation is 1. The monoisotopic (exact) mass is 445 g/mol. The van der Waals surface area contributed by atoms with E-state index in [1.807, 2.05) is 31.2 Å². The number of rotatable bonds is 6. The van der Waals surface area contributed by atoms with Gasteiger partial charge in [0.05, 0.1) is 29.9 Å². The highest BCUT2D eigenvalue weighted by Gasteiger charge is 2.33. The lowest BCUT2D eigenvalue weighted by Gasteiger charge is -2.03. The molecule has 0 radical (unpaired) electrons. The van der Waals surface area contributed by atoms with E-state index in [9.17, 15) is 18.0 Å². The molecule has 4 aromatic rings. The van der Waals surface area contributed by atoms with Gasteiger partial charge in [0.1, 0.15) is 0 Å². The zero-order valence-electron chi connectivity index (χ0n) is 16.4. The molecule has 0 atom stereocenters. The molecule has 10 heteroatoms. The Bertz CT molecular complexity index is 1190. The van der Waals surface area contributed by atoms with Gasteiger partial charge in [-0.1, -0.05) is 29.8 Å². The molecule has 160 valence electrons. The van der Waals surface area contributed by atoms with Crippen molar-refractivity contribution in [3.8, 4) is 0 Å². The molecule has 1 aromatic carbocycles. The third-order valence-electron chi connectivity index (χ3n) is 4.51. The van der Waals surface area contributed by atoms with E-state index in [1.165, 1.54) is 27.8 Å². The van der Waals surface area contributed by atoms with Gasteiger partial charge in [-0.3, -0.25) is 14.2 Å². The molecule has 0 aliphatic carbocycles. The largest absolute Gasteiger partial charge is 0.435 e. The molecule has 1 N–H and O–H groups in total. The third-order valence-corrected chi connectivity index (χ3v) is 5.49. The van der Waals surface area contributed by atoms with Gasteiger partial charge >= 0.3 is 6.18 Å². The SMILES string of the molecule is Cc1ccc(Cn2cc(NC(=O)c3cc(Cn4ccc(C(F)(F)F)n4)cs3)cn2)cc1. The predicted octanol–water partition coefficient (Wildman–Crippen LogP) is 4.82. The van der Waals surface area contributed by atoms with Gasteiger partial charge in [-0.25, -0.2) is 0 Å². The number of thiophene rings is 1. The first-order chi connectivity index (χ1) is 14.8. The molecule has 0 aliphatic heterocycles. The van der Waals surface area contributed by atoms with Crippen LogP contribution in [-0.2, 0) is 19.3 Å². The highest BCUT2D eigenvalue weighted by molar-refractivity contribution is 7.12. The minimum atomic E-state index is -4.48. The van der Waals surface area contributed by atoms with Crippen molar-refractivity contribution in [3.63, 3.8) is 0 Å². The van der Waals surface area contributed by atoms with Crippen molar-refractivity contribution < 1.29 is 18.0 Å². The van der Waals surface area contributed by atoms with Crippen LogP contribution in [0.4, 0.5) is 18.9 Å². The van der Waals surface area contributed by atoms with Crippen molar-refractivity contribution in [2.75, 3.05) is 5.32 Å². The van der Waals surface area contributed by atoms with Crippen LogP contribution in [0.25, 0.3) is 0 Å². The summed E-state index contributed by atoms with van der Waals surface area (Å²) in [6.07, 6.45) is 0.106. The predicted molar refractivity (Wildman–Crippen MR) is 111 cm³/mol. The van der Waals surface area contributed by atoms with Crippen LogP contribution in [0.1, 0.15) is 32.1 Å². The molecular formula is C21H18F3N5OS. The number of nitrogens with zero attached hydrogens (tertiary/aromatic N) is 4. The quantitative estimate of drug-likeness (QED) is 0.463. The topological polar surface area (TPSA) is 64.7 Å². The van der Waals surface area contributed by atoms with Crippen molar-refractivity contribution >= 4 is 22.9 Å². The second kappa shape index (κ2) is 8.38. The van der Waals surface area contributed by atoms with Crippen LogP contribution in [0, 0.1) is 6.92 Å². The number of halogens is 3. The highest BCUT2D eigenvalue weighted by Crippen LogP contribution is 2.27. The summed E-state index contributed by atoms with van der Waals surface area (Å²) in [7, 11) is 0. The van der Waals surface area contributed by atoms with Crippen molar-refractivity contribution in [1.82, 2.24) is 19.6 Å². The first kappa shape index (κ1) is 20.9. The summed E-state index contributed by atoms with van der Waals surface area (Å²) in [5.74, 6) is -0.303. The van der Waals surface area contributed by atoms with Crippen LogP contribution in [-0.4, -0.2) is 25.5 Å². The lowest BCUT2D eigenvalue weighted by atomic mass is 10.1. The summed E-state index contributed by atoms with van der Waals surface area (Å²) in [5, 5.41) is 12.3. The first-order valence-corrected chi connectivity index (χ1v) is 10.2. The zero-order chi connectivity index (χ0) is 22.0. The number of carbonyl (C=O) groups is 1. The van der Waals surface area contributed by atoms with Gasteiger partial charge in [-0.15, -0.1) is 11.3 Å². The van der Waals surface area contributed by atoms with E-state index in [2.05, 4.69) is 15.5 Å². The molecule has 0 saturated carbocycles. The number of hydrogen-bond acceptors (Lipinski definition) is 4. The van der Waals surface area contributed by atoms with Gasteiger partial charge in [-0.05, 0) is 35.6 Å². The molecule has 0 aliphatic rings. The van der Waals surface area contributed by atoms with Crippen molar-refractivity contribution in [2.45, 2.75) is 26.2 Å². The van der Waals surface area contributed by atoms with Gasteiger partial charge in [0.15, 0.2) is 5.69 Å². The molecule has 0 bridgehead atoms. The summed E-state index contributed by atoms with van der Waals surface area (Å²) in [4.78, 5) is 13.0. The molecule has 3 heterocycles. The Balaban J connectivity index is 1.36. The minimum Gasteiger partial charge on any atom is -0.319 e. The maximum absolute atomic E-state index is 12.7. The average molecular weight is 445 g/mol. The Morgan fingerprint density at radius 1 is 1.10 bits per heavy atom. The summed E-state index contributed by atoms with van der Waals surface area (Å²) in [6, 6.07) is 10.7. The minimum absolute atomic E-state index is 0.147. The molecule has 31 heavy (non-hydrogen) atoms. The Labute approximate surface area is 179 Å². The van der Waals surface area contributed by atoms with Crippen LogP contribution in [0.5, 0.6) is 0 Å². The van der Waals surface area contributed by atoms with Gasteiger partial charge in [0.2, 0.25) is 0 Å². The maximum atomic E-state index is 12.7. The number of amides is 1. The second-order valence-electron chi connectivity index (χ2n) is 7.08. The number of benzene rings is 1. The molecule has 0 saturated heterocycles. The van der Waals surface area contributed by atoms with E-state index >= 15 is 0 Å². The summed E-state index contributed by atoms with van der Waals surface area (Å²) in [6.45, 7) is 2.76. The van der Waals surface area contributed by atoms with Crippen molar-refractivity contribution in [2.24, 2.45) is 0 Å². The Morgan fingerprint density at radius 3 is 2.55 bits per heavy atom. The zero-order valence-corrected chi connectivity index (χ0v) is 17.2. The molecule has 0 spiro atoms. The van der Waals surface area contributed by atoms with Gasteiger partial charge in [-0.2, -0.15) is 23.4 Å². The number of carbonyl (C=O) groups excluding carboxylic acids is 1. The van der Waals surface area contributed by atoms with E-state index in [0.717, 1.165) is 11.6 Å². The lowest BCUT2D eigenvalue weighted by molar-refractivity contribution is -0.141. The normalized spacial score (nSPS) is 11.6. The van der Waals surface area contributed by atoms with Crippen LogP contribution < -0.4 is 5.32 Å². The lowest BCUT2D eigenvalue weighted by Crippen LogP contribution is -2.10. The van der Waals surface area contributed by atoms with E-state index in [-0.39, 0.29) is 12.5 Å². The number of nitrogens with one attached hydrogen (secondary N) is 1. The highest BCUT2D eigenvalue weighted by atomic mass is 32.1. The van der Waals surface area contributed by atoms with Crippen LogP contribution >= 0.6 is 11.3 Å². The van der Waals surface area contributed by atoms with Crippen LogP contribution in [0.2, 0.25) is 0 Å². The fourth-order valence-electron chi connectivity index (χ4n) is 2.95. The molecule has 4 rings (SSSR count). The number of anilines is 1. The fraction of sp³-hybridized carbons (Fsp3) is 0.190. The van der Waals surface area contributed by atoms with Crippen LogP contribution in [0.15, 0.2) is 60.4 Å². The number of hydrogen-bond donors (Lipinski definition) is 1. The Morgan fingerprint density at radius 2 is 1.84 bits per heavy atom.